The van der Waals surface area contributed by atoms with E-state index in [9.17, 15) is 20.4 Å². The predicted molar refractivity (Wildman–Crippen MR) is 59.7 cm³/mol. The Balaban J connectivity index is 2.30. The van der Waals surface area contributed by atoms with Crippen LogP contribution in [-0.4, -0.2) is 20.4 Å². The summed E-state index contributed by atoms with van der Waals surface area (Å²) in [5, 5.41) is 39.4. The summed E-state index contributed by atoms with van der Waals surface area (Å²) < 4.78 is 0. The largest absolute Gasteiger partial charge is 0.398 e. The summed E-state index contributed by atoms with van der Waals surface area (Å²) in [5.74, 6) is -3.90. The maximum absolute atomic E-state index is 9.84. The molecule has 92 valence electrons. The molecule has 6 N–H and O–H groups in total. The van der Waals surface area contributed by atoms with E-state index in [1.165, 1.54) is 0 Å². The van der Waals surface area contributed by atoms with Crippen molar-refractivity contribution in [1.82, 2.24) is 0 Å². The Hall–Kier alpha value is -1.14. The quantitative estimate of drug-likeness (QED) is 0.307. The molecule has 0 atom stereocenters. The molecule has 0 radical (unpaired) electrons. The van der Waals surface area contributed by atoms with Gasteiger partial charge in [-0.2, -0.15) is 0 Å². The first-order valence-corrected chi connectivity index (χ1v) is 5.67. The third-order valence-electron chi connectivity index (χ3n) is 3.82. The van der Waals surface area contributed by atoms with Gasteiger partial charge < -0.3 is 26.2 Å². The normalized spacial score (nSPS) is 23.5. The monoisotopic (exact) mass is 237 g/mol. The lowest BCUT2D eigenvalue weighted by atomic mass is 9.95. The second kappa shape index (κ2) is 3.00. The summed E-state index contributed by atoms with van der Waals surface area (Å²) >= 11 is 0. The molecule has 5 nitrogen and oxygen atoms in total. The first kappa shape index (κ1) is 11.0. The summed E-state index contributed by atoms with van der Waals surface area (Å²) in [4.78, 5) is 0. The minimum atomic E-state index is -1.95. The van der Waals surface area contributed by atoms with E-state index in [0.29, 0.717) is 12.8 Å². The molecule has 0 saturated carbocycles. The van der Waals surface area contributed by atoms with Crippen molar-refractivity contribution in [2.24, 2.45) is 0 Å². The number of nitrogen functional groups attached to an aromatic ring is 1. The molecule has 0 bridgehead atoms. The lowest BCUT2D eigenvalue weighted by molar-refractivity contribution is -0.169. The lowest BCUT2D eigenvalue weighted by Crippen LogP contribution is -2.27. The van der Waals surface area contributed by atoms with Gasteiger partial charge in [0.2, 0.25) is 0 Å². The molecule has 1 aromatic rings. The van der Waals surface area contributed by atoms with E-state index in [4.69, 9.17) is 5.73 Å². The van der Waals surface area contributed by atoms with Gasteiger partial charge in [-0.3, -0.25) is 0 Å². The fourth-order valence-electron chi connectivity index (χ4n) is 3.03. The van der Waals surface area contributed by atoms with E-state index >= 15 is 0 Å². The smallest absolute Gasteiger partial charge is 0.192 e. The molecule has 3 rings (SSSR count). The molecular weight excluding hydrogens is 222 g/mol. The number of benzene rings is 1. The molecule has 2 aliphatic carbocycles. The Morgan fingerprint density at radius 2 is 1.29 bits per heavy atom. The predicted octanol–water partition coefficient (Wildman–Crippen LogP) is -0.564. The van der Waals surface area contributed by atoms with Crippen LogP contribution in [0, 0.1) is 0 Å². The van der Waals surface area contributed by atoms with Crippen LogP contribution in [-0.2, 0) is 24.4 Å². The van der Waals surface area contributed by atoms with E-state index in [2.05, 4.69) is 0 Å². The van der Waals surface area contributed by atoms with Crippen LogP contribution in [0.2, 0.25) is 0 Å². The van der Waals surface area contributed by atoms with Crippen LogP contribution in [0.25, 0.3) is 0 Å². The minimum Gasteiger partial charge on any atom is -0.398 e. The van der Waals surface area contributed by atoms with Gasteiger partial charge in [0.25, 0.3) is 0 Å². The van der Waals surface area contributed by atoms with Crippen LogP contribution in [0.3, 0.4) is 0 Å². The summed E-state index contributed by atoms with van der Waals surface area (Å²) in [6.07, 6.45) is 1.48. The van der Waals surface area contributed by atoms with Crippen LogP contribution in [0.15, 0.2) is 6.07 Å². The number of anilines is 1. The van der Waals surface area contributed by atoms with Crippen molar-refractivity contribution < 1.29 is 20.4 Å². The van der Waals surface area contributed by atoms with Gasteiger partial charge in [0, 0.05) is 29.7 Å². The molecule has 2 aliphatic rings. The second-order valence-electron chi connectivity index (χ2n) is 4.99. The van der Waals surface area contributed by atoms with Gasteiger partial charge in [-0.05, 0) is 24.0 Å². The molecule has 0 fully saturated rings. The maximum atomic E-state index is 9.84. The fraction of sp³-hybridized carbons (Fsp3) is 0.500. The van der Waals surface area contributed by atoms with Crippen molar-refractivity contribution >= 4 is 5.69 Å². The zero-order valence-electron chi connectivity index (χ0n) is 9.27. The highest BCUT2D eigenvalue weighted by molar-refractivity contribution is 5.66. The Labute approximate surface area is 98.1 Å². The van der Waals surface area contributed by atoms with E-state index in [1.54, 1.807) is 0 Å². The average Bonchev–Trinajstić information content (AvgIpc) is 2.66. The van der Waals surface area contributed by atoms with Gasteiger partial charge >= 0.3 is 0 Å². The SMILES string of the molecule is Nc1c2c(cc3c1C(O)(O)CC3)CCC2(O)O. The summed E-state index contributed by atoms with van der Waals surface area (Å²) in [7, 11) is 0. The highest BCUT2D eigenvalue weighted by atomic mass is 16.5. The average molecular weight is 237 g/mol. The van der Waals surface area contributed by atoms with Crippen molar-refractivity contribution in [2.75, 3.05) is 5.73 Å². The Morgan fingerprint density at radius 1 is 0.882 bits per heavy atom. The molecule has 0 aliphatic heterocycles. The van der Waals surface area contributed by atoms with Crippen molar-refractivity contribution in [3.63, 3.8) is 0 Å². The van der Waals surface area contributed by atoms with Gasteiger partial charge in [-0.1, -0.05) is 6.07 Å². The van der Waals surface area contributed by atoms with Crippen LogP contribution in [0.5, 0.6) is 0 Å². The second-order valence-corrected chi connectivity index (χ2v) is 4.99. The molecule has 0 spiro atoms. The van der Waals surface area contributed by atoms with Crippen LogP contribution in [0.4, 0.5) is 5.69 Å². The minimum absolute atomic E-state index is 0.113. The van der Waals surface area contributed by atoms with Crippen molar-refractivity contribution in [2.45, 2.75) is 37.3 Å². The third kappa shape index (κ3) is 1.34. The van der Waals surface area contributed by atoms with Crippen LogP contribution < -0.4 is 5.73 Å². The molecule has 0 amide bonds. The van der Waals surface area contributed by atoms with Gasteiger partial charge in [-0.25, -0.2) is 0 Å². The molecule has 0 saturated heterocycles. The van der Waals surface area contributed by atoms with Crippen LogP contribution in [0.1, 0.15) is 35.1 Å². The number of aliphatic hydroxyl groups is 4. The van der Waals surface area contributed by atoms with Crippen molar-refractivity contribution in [3.8, 4) is 0 Å². The van der Waals surface area contributed by atoms with Crippen molar-refractivity contribution in [3.05, 3.63) is 28.3 Å². The van der Waals surface area contributed by atoms with Gasteiger partial charge in [0.15, 0.2) is 11.6 Å². The molecule has 17 heavy (non-hydrogen) atoms. The van der Waals surface area contributed by atoms with E-state index < -0.39 is 11.6 Å². The fourth-order valence-corrected chi connectivity index (χ4v) is 3.03. The number of rotatable bonds is 0. The lowest BCUT2D eigenvalue weighted by Gasteiger charge is -2.24. The maximum Gasteiger partial charge on any atom is 0.192 e. The van der Waals surface area contributed by atoms with E-state index in [-0.39, 0.29) is 29.7 Å². The molecule has 1 aromatic carbocycles. The molecule has 0 aromatic heterocycles. The number of hydrogen-bond donors (Lipinski definition) is 5. The molecule has 5 heteroatoms. The van der Waals surface area contributed by atoms with Gasteiger partial charge in [0.05, 0.1) is 0 Å². The number of nitrogens with two attached hydrogens (primary N) is 1. The highest BCUT2D eigenvalue weighted by Crippen LogP contribution is 2.47. The number of hydrogen-bond acceptors (Lipinski definition) is 5. The van der Waals surface area contributed by atoms with Gasteiger partial charge in [0.1, 0.15) is 0 Å². The summed E-state index contributed by atoms with van der Waals surface area (Å²) in [6, 6.07) is 1.81. The number of aryl methyl sites for hydroxylation is 2. The van der Waals surface area contributed by atoms with Crippen LogP contribution >= 0.6 is 0 Å². The van der Waals surface area contributed by atoms with E-state index in [0.717, 1.165) is 11.1 Å². The molecule has 0 heterocycles. The summed E-state index contributed by atoms with van der Waals surface area (Å²) in [5.41, 5.74) is 8.08. The van der Waals surface area contributed by atoms with Gasteiger partial charge in [-0.15, -0.1) is 0 Å². The highest BCUT2D eigenvalue weighted by Gasteiger charge is 2.44. The standard InChI is InChI=1S/C12H15NO4/c13-10-8-6(1-3-11(8,14)15)5-7-2-4-12(16,17)9(7)10/h5,14-17H,1-4,13H2. The zero-order valence-corrected chi connectivity index (χ0v) is 9.27. The number of fused-ring (bicyclic) bond motifs is 2. The Kier molecular flexibility index (Phi) is 1.94. The third-order valence-corrected chi connectivity index (χ3v) is 3.82. The molecular formula is C12H15NO4. The first-order valence-electron chi connectivity index (χ1n) is 5.67. The Bertz CT molecular complexity index is 465. The molecule has 0 unspecified atom stereocenters. The zero-order chi connectivity index (χ0) is 12.4. The van der Waals surface area contributed by atoms with E-state index in [1.807, 2.05) is 6.07 Å². The first-order chi connectivity index (χ1) is 7.83. The topological polar surface area (TPSA) is 107 Å². The van der Waals surface area contributed by atoms with Crippen molar-refractivity contribution in [1.29, 1.82) is 0 Å². The summed E-state index contributed by atoms with van der Waals surface area (Å²) in [6.45, 7) is 0. The Morgan fingerprint density at radius 3 is 1.71 bits per heavy atom.